The van der Waals surface area contributed by atoms with Gasteiger partial charge in [0.2, 0.25) is 0 Å². The molecule has 0 bridgehead atoms. The molecule has 0 radical (unpaired) electrons. The van der Waals surface area contributed by atoms with E-state index in [4.69, 9.17) is 5.11 Å². The molecule has 370 valence electrons. The normalized spacial score (nSPS) is 13.9. The molecule has 5 aromatic rings. The van der Waals surface area contributed by atoms with E-state index < -0.39 is 0 Å². The molecule has 5 aliphatic rings. The van der Waals surface area contributed by atoms with Crippen LogP contribution in [-0.4, -0.2) is 69.4 Å². The summed E-state index contributed by atoms with van der Waals surface area (Å²) >= 11 is 8.76. The second-order valence-electron chi connectivity index (χ2n) is 17.1. The van der Waals surface area contributed by atoms with Crippen molar-refractivity contribution in [2.24, 2.45) is 0 Å². The van der Waals surface area contributed by atoms with Gasteiger partial charge in [-0.05, 0) is 119 Å². The van der Waals surface area contributed by atoms with Crippen molar-refractivity contribution in [1.29, 1.82) is 0 Å². The maximum Gasteiger partial charge on any atom is 0.164 e. The summed E-state index contributed by atoms with van der Waals surface area (Å²) < 4.78 is 0. The van der Waals surface area contributed by atoms with Crippen LogP contribution in [-0.2, 0) is 32.1 Å². The number of Topliss-reactive ketones (excluding diaryl/α,β-unsaturated/α-hetero) is 5. The molecule has 0 fully saturated rings. The summed E-state index contributed by atoms with van der Waals surface area (Å²) in [6, 6.07) is 9.29. The molecule has 0 spiro atoms. The molecule has 5 aliphatic carbocycles. The summed E-state index contributed by atoms with van der Waals surface area (Å²) in [5.74, 6) is 0.315. The van der Waals surface area contributed by atoms with E-state index in [1.54, 1.807) is 42.5 Å². The fourth-order valence-corrected chi connectivity index (χ4v) is 10.6. The van der Waals surface area contributed by atoms with Crippen LogP contribution >= 0.6 is 25.3 Å². The van der Waals surface area contributed by atoms with E-state index in [9.17, 15) is 53.4 Å². The number of benzene rings is 5. The van der Waals surface area contributed by atoms with Crippen LogP contribution in [0.4, 0.5) is 0 Å². The van der Waals surface area contributed by atoms with Crippen LogP contribution in [0.5, 0.6) is 17.2 Å². The van der Waals surface area contributed by atoms with E-state index in [0.29, 0.717) is 114 Å². The summed E-state index contributed by atoms with van der Waals surface area (Å²) in [7, 11) is 0. The molecule has 0 saturated heterocycles. The molecule has 0 saturated carbocycles. The van der Waals surface area contributed by atoms with Crippen molar-refractivity contribution in [2.75, 3.05) is 0 Å². The molecule has 0 amide bonds. The Morgan fingerprint density at radius 3 is 1.29 bits per heavy atom. The molecule has 0 unspecified atom stereocenters. The third-order valence-corrected chi connectivity index (χ3v) is 14.1. The largest absolute Gasteiger partial charge is 0.508 e. The summed E-state index contributed by atoms with van der Waals surface area (Å²) in [5.41, 5.74) is 12.1. The van der Waals surface area contributed by atoms with Gasteiger partial charge in [0.1, 0.15) is 17.2 Å². The molecular weight excluding hydrogens is 965 g/mol. The van der Waals surface area contributed by atoms with Crippen molar-refractivity contribution in [3.63, 3.8) is 0 Å². The fraction of sp³-hybridized carbons (Fsp3) is 0.169. The average molecular weight is 1020 g/mol. The molecule has 5 aromatic carbocycles. The highest BCUT2D eigenvalue weighted by Crippen LogP contribution is 2.39. The molecular formula is C59H50O12S2. The number of carbonyl (C=O) groups excluding carboxylic acids is 9. The molecule has 14 heteroatoms. The van der Waals surface area contributed by atoms with E-state index in [0.717, 1.165) is 74.1 Å². The van der Waals surface area contributed by atoms with Gasteiger partial charge in [0, 0.05) is 92.0 Å². The van der Waals surface area contributed by atoms with Gasteiger partial charge < -0.3 is 15.3 Å². The van der Waals surface area contributed by atoms with Gasteiger partial charge in [-0.2, -0.15) is 0 Å². The zero-order valence-corrected chi connectivity index (χ0v) is 41.5. The molecule has 10 rings (SSSR count). The van der Waals surface area contributed by atoms with Crippen molar-refractivity contribution >= 4 is 110 Å². The van der Waals surface area contributed by atoms with E-state index in [-0.39, 0.29) is 62.9 Å². The summed E-state index contributed by atoms with van der Waals surface area (Å²) in [6.45, 7) is 18.5. The average Bonchev–Trinajstić information content (AvgIpc) is 4.23. The number of aromatic hydroxyl groups is 3. The van der Waals surface area contributed by atoms with Crippen LogP contribution in [0.1, 0.15) is 181 Å². The number of carbonyl (C=O) groups is 9. The molecule has 0 aromatic heterocycles. The lowest BCUT2D eigenvalue weighted by atomic mass is 9.93. The number of ketones is 5. The Bertz CT molecular complexity index is 3090. The Kier molecular flexibility index (Phi) is 17.4. The third kappa shape index (κ3) is 10.6. The lowest BCUT2D eigenvalue weighted by Gasteiger charge is -2.13. The first kappa shape index (κ1) is 54.3. The van der Waals surface area contributed by atoms with E-state index in [1.807, 2.05) is 6.07 Å². The lowest BCUT2D eigenvalue weighted by molar-refractivity contribution is 0.0983. The monoisotopic (exact) mass is 1010 g/mol. The van der Waals surface area contributed by atoms with Gasteiger partial charge in [-0.1, -0.05) is 63.3 Å². The first-order chi connectivity index (χ1) is 35.0. The zero-order chi connectivity index (χ0) is 53.4. The van der Waals surface area contributed by atoms with Crippen molar-refractivity contribution in [1.82, 2.24) is 0 Å². The number of rotatable bonds is 9. The highest BCUT2D eigenvalue weighted by atomic mass is 32.1. The van der Waals surface area contributed by atoms with Crippen LogP contribution < -0.4 is 0 Å². The van der Waals surface area contributed by atoms with Gasteiger partial charge in [-0.3, -0.25) is 43.2 Å². The summed E-state index contributed by atoms with van der Waals surface area (Å²) in [5, 5.41) is 28.2. The molecule has 0 aliphatic heterocycles. The van der Waals surface area contributed by atoms with Gasteiger partial charge in [0.15, 0.2) is 54.1 Å². The van der Waals surface area contributed by atoms with Crippen molar-refractivity contribution in [2.45, 2.75) is 74.0 Å². The van der Waals surface area contributed by atoms with E-state index >= 15 is 0 Å². The number of hydrogen-bond acceptors (Lipinski definition) is 14. The van der Waals surface area contributed by atoms with Crippen LogP contribution in [0.15, 0.2) is 79.1 Å². The Hall–Kier alpha value is -8.07. The number of phenolic OH excluding ortho intramolecular Hbond substituents is 3. The highest BCUT2D eigenvalue weighted by Gasteiger charge is 2.30. The molecule has 12 nitrogen and oxygen atoms in total. The zero-order valence-electron chi connectivity index (χ0n) is 39.7. The standard InChI is InChI=1S/C14H12O2S.C13H12OS.C12H10O3.C11H8O4.C9H8O2/c1-3-8-11(7-15)14(17)9(4-2)10-5-6-12(16)13(8)10;1-3-8-7-12(15)9(4-2)10-5-6-11(14)13(8)10;1-2-8-9-3-4-10(14)12(9)7(6-13)5-11(8)15;12-4-6-3-10(15)8(5-13)7-1-2-9(14)11(6)7;10-7-2-3-8-6(5-7)1-4-9(8)11/h3-4,7,17H,1-2,5-6H2;3-4,7,15H,1-2,5-6H2;2,5-6,15H,1,3-4H2;3-5,15H,1-2H2;2-3,5,10H,1,4H2. The van der Waals surface area contributed by atoms with Gasteiger partial charge >= 0.3 is 0 Å². The molecule has 0 heterocycles. The molecule has 73 heavy (non-hydrogen) atoms. The Balaban J connectivity index is 0.000000150. The molecule has 0 atom stereocenters. The van der Waals surface area contributed by atoms with Gasteiger partial charge in [0.25, 0.3) is 0 Å². The topological polar surface area (TPSA) is 214 Å². The number of thiol groups is 2. The Morgan fingerprint density at radius 1 is 0.397 bits per heavy atom. The van der Waals surface area contributed by atoms with Crippen molar-refractivity contribution in [3.8, 4) is 17.2 Å². The maximum absolute atomic E-state index is 11.9. The predicted molar refractivity (Wildman–Crippen MR) is 287 cm³/mol. The minimum Gasteiger partial charge on any atom is -0.508 e. The SMILES string of the molecule is C=Cc1c(O)cc(C=O)c2c1CCC2=O.C=Cc1c(S)c(C=O)c(C=C)c2c1CCC2=O.C=Cc1cc(S)c(C=C)c2c1C(=O)CC2.O=C1CCc2cc(O)ccc21.O=Cc1cc(O)c(C=O)c2c1C(=O)CC2. The predicted octanol–water partition coefficient (Wildman–Crippen LogP) is 11.2. The van der Waals surface area contributed by atoms with Gasteiger partial charge in [-0.15, -0.1) is 25.3 Å². The van der Waals surface area contributed by atoms with Crippen LogP contribution in [0.25, 0.3) is 30.4 Å². The number of phenols is 3. The summed E-state index contributed by atoms with van der Waals surface area (Å²) in [6.07, 6.45) is 16.2. The number of aldehydes is 4. The quantitative estimate of drug-likeness (QED) is 0.0689. The van der Waals surface area contributed by atoms with E-state index in [2.05, 4.69) is 58.2 Å². The van der Waals surface area contributed by atoms with Crippen molar-refractivity contribution in [3.05, 3.63) is 175 Å². The van der Waals surface area contributed by atoms with Crippen LogP contribution in [0.3, 0.4) is 0 Å². The second-order valence-corrected chi connectivity index (χ2v) is 18.1. The minimum absolute atomic E-state index is 0.0144. The van der Waals surface area contributed by atoms with E-state index in [1.165, 1.54) is 18.2 Å². The number of hydrogen-bond donors (Lipinski definition) is 5. The second kappa shape index (κ2) is 23.4. The number of aryl methyl sites for hydroxylation is 1. The van der Waals surface area contributed by atoms with Gasteiger partial charge in [0.05, 0.1) is 5.56 Å². The van der Waals surface area contributed by atoms with Crippen LogP contribution in [0, 0.1) is 0 Å². The highest BCUT2D eigenvalue weighted by molar-refractivity contribution is 7.80. The maximum atomic E-state index is 11.9. The Morgan fingerprint density at radius 2 is 0.822 bits per heavy atom. The first-order valence-corrected chi connectivity index (χ1v) is 23.9. The fourth-order valence-electron chi connectivity index (χ4n) is 9.86. The lowest BCUT2D eigenvalue weighted by Crippen LogP contribution is -2.03. The summed E-state index contributed by atoms with van der Waals surface area (Å²) in [4.78, 5) is 103. The minimum atomic E-state index is -0.236. The van der Waals surface area contributed by atoms with Crippen molar-refractivity contribution < 1.29 is 58.5 Å². The van der Waals surface area contributed by atoms with Crippen LogP contribution in [0.2, 0.25) is 0 Å². The van der Waals surface area contributed by atoms with Gasteiger partial charge in [-0.25, -0.2) is 0 Å². The molecule has 3 N–H and O–H groups in total. The third-order valence-electron chi connectivity index (χ3n) is 13.2. The Labute approximate surface area is 432 Å². The first-order valence-electron chi connectivity index (χ1n) is 23.0. The number of fused-ring (bicyclic) bond motifs is 5. The smallest absolute Gasteiger partial charge is 0.164 e.